The van der Waals surface area contributed by atoms with E-state index in [0.717, 1.165) is 14.2 Å². The number of amides is 2. The molecular formula is C10H11F3N2O5. The summed E-state index contributed by atoms with van der Waals surface area (Å²) in [5.41, 5.74) is -4.06. The highest BCUT2D eigenvalue weighted by atomic mass is 19.4. The van der Waals surface area contributed by atoms with E-state index < -0.39 is 41.3 Å². The van der Waals surface area contributed by atoms with Gasteiger partial charge in [0.05, 0.1) is 14.2 Å². The number of ether oxygens (including phenoxy) is 2. The molecule has 0 spiro atoms. The van der Waals surface area contributed by atoms with Crippen LogP contribution < -0.4 is 10.6 Å². The van der Waals surface area contributed by atoms with E-state index in [4.69, 9.17) is 0 Å². The van der Waals surface area contributed by atoms with Crippen molar-refractivity contribution in [1.29, 1.82) is 0 Å². The van der Waals surface area contributed by atoms with Gasteiger partial charge in [0.25, 0.3) is 5.91 Å². The fourth-order valence-corrected chi connectivity index (χ4v) is 1.85. The second kappa shape index (κ2) is 5.02. The number of alkyl carbamates (subject to hydrolysis) is 1. The molecule has 2 N–H and O–H groups in total. The summed E-state index contributed by atoms with van der Waals surface area (Å²) in [7, 11) is 1.66. The van der Waals surface area contributed by atoms with Crippen LogP contribution in [0.1, 0.15) is 0 Å². The number of alkyl halides is 3. The Morgan fingerprint density at radius 2 is 1.90 bits per heavy atom. The van der Waals surface area contributed by atoms with Gasteiger partial charge < -0.3 is 14.8 Å². The van der Waals surface area contributed by atoms with Gasteiger partial charge in [-0.1, -0.05) is 6.58 Å². The number of methoxy groups -OCH3 is 2. The molecule has 0 bridgehead atoms. The summed E-state index contributed by atoms with van der Waals surface area (Å²) < 4.78 is 48.2. The Morgan fingerprint density at radius 1 is 1.35 bits per heavy atom. The Morgan fingerprint density at radius 3 is 2.30 bits per heavy atom. The number of hydrogen-bond acceptors (Lipinski definition) is 5. The minimum absolute atomic E-state index is 0.532. The number of hydrogen-bond donors (Lipinski definition) is 2. The molecule has 0 aromatic rings. The Bertz CT molecular complexity index is 476. The molecule has 1 fully saturated rings. The monoisotopic (exact) mass is 296 g/mol. The predicted octanol–water partition coefficient (Wildman–Crippen LogP) is 0.0762. The normalized spacial score (nSPS) is 25.9. The molecule has 2 atom stereocenters. The lowest BCUT2D eigenvalue weighted by Crippen LogP contribution is -2.67. The number of esters is 1. The second-order valence-electron chi connectivity index (χ2n) is 3.86. The highest BCUT2D eigenvalue weighted by Gasteiger charge is 2.72. The van der Waals surface area contributed by atoms with E-state index in [-0.39, 0.29) is 0 Å². The van der Waals surface area contributed by atoms with Gasteiger partial charge in [-0.05, 0) is 0 Å². The third kappa shape index (κ3) is 2.17. The molecule has 2 amide bonds. The maximum absolute atomic E-state index is 13.3. The molecule has 7 nitrogen and oxygen atoms in total. The number of nitrogens with one attached hydrogen (secondary N) is 2. The summed E-state index contributed by atoms with van der Waals surface area (Å²) in [6, 6.07) is 0. The maximum atomic E-state index is 13.3. The van der Waals surface area contributed by atoms with Crippen molar-refractivity contribution in [2.45, 2.75) is 11.7 Å². The van der Waals surface area contributed by atoms with Gasteiger partial charge in [-0.25, -0.2) is 4.79 Å². The molecule has 10 heteroatoms. The van der Waals surface area contributed by atoms with Crippen LogP contribution in [-0.2, 0) is 19.1 Å². The average molecular weight is 296 g/mol. The summed E-state index contributed by atoms with van der Waals surface area (Å²) in [5, 5.41) is 3.15. The summed E-state index contributed by atoms with van der Waals surface area (Å²) in [4.78, 5) is 34.3. The molecular weight excluding hydrogens is 285 g/mol. The SMILES string of the molecule is C=C1NC(=O)[C@@](NC(=O)OC)(C(F)(F)F)[C@@H]1C(=O)OC. The number of carbonyl (C=O) groups is 3. The van der Waals surface area contributed by atoms with Crippen LogP contribution in [-0.4, -0.2) is 43.9 Å². The second-order valence-corrected chi connectivity index (χ2v) is 3.86. The van der Waals surface area contributed by atoms with E-state index in [1.54, 1.807) is 5.32 Å². The van der Waals surface area contributed by atoms with Gasteiger partial charge in [0.1, 0.15) is 5.92 Å². The fourth-order valence-electron chi connectivity index (χ4n) is 1.85. The molecule has 0 aromatic heterocycles. The van der Waals surface area contributed by atoms with E-state index in [1.165, 1.54) is 5.32 Å². The molecule has 0 radical (unpaired) electrons. The van der Waals surface area contributed by atoms with Crippen molar-refractivity contribution in [3.63, 3.8) is 0 Å². The van der Waals surface area contributed by atoms with Crippen LogP contribution in [0.2, 0.25) is 0 Å². The van der Waals surface area contributed by atoms with E-state index >= 15 is 0 Å². The van der Waals surface area contributed by atoms with Crippen molar-refractivity contribution < 1.29 is 37.0 Å². The van der Waals surface area contributed by atoms with E-state index in [9.17, 15) is 27.6 Å². The topological polar surface area (TPSA) is 93.7 Å². The molecule has 0 saturated carbocycles. The quantitative estimate of drug-likeness (QED) is 0.704. The molecule has 1 heterocycles. The zero-order chi connectivity index (χ0) is 15.7. The largest absolute Gasteiger partial charge is 0.468 e. The third-order valence-corrected chi connectivity index (χ3v) is 2.78. The highest BCUT2D eigenvalue weighted by Crippen LogP contribution is 2.43. The Balaban J connectivity index is 3.45. The minimum Gasteiger partial charge on any atom is -0.468 e. The summed E-state index contributed by atoms with van der Waals surface area (Å²) >= 11 is 0. The highest BCUT2D eigenvalue weighted by molar-refractivity contribution is 6.02. The lowest BCUT2D eigenvalue weighted by Gasteiger charge is -2.32. The van der Waals surface area contributed by atoms with Crippen LogP contribution in [0.3, 0.4) is 0 Å². The number of rotatable bonds is 2. The van der Waals surface area contributed by atoms with Gasteiger partial charge in [0.15, 0.2) is 0 Å². The van der Waals surface area contributed by atoms with Gasteiger partial charge in [-0.3, -0.25) is 14.9 Å². The van der Waals surface area contributed by atoms with Crippen molar-refractivity contribution in [2.24, 2.45) is 5.92 Å². The summed E-state index contributed by atoms with van der Waals surface area (Å²) in [6.45, 7) is 3.17. The molecule has 1 rings (SSSR count). The Hall–Kier alpha value is -2.26. The van der Waals surface area contributed by atoms with Crippen LogP contribution in [0.4, 0.5) is 18.0 Å². The maximum Gasteiger partial charge on any atom is 0.422 e. The molecule has 20 heavy (non-hydrogen) atoms. The molecule has 1 aliphatic rings. The fraction of sp³-hybridized carbons (Fsp3) is 0.500. The van der Waals surface area contributed by atoms with Crippen LogP contribution in [0, 0.1) is 5.92 Å². The van der Waals surface area contributed by atoms with Gasteiger partial charge in [0, 0.05) is 5.70 Å². The Labute approximate surface area is 111 Å². The van der Waals surface area contributed by atoms with E-state index in [1.807, 2.05) is 0 Å². The summed E-state index contributed by atoms with van der Waals surface area (Å²) in [5.74, 6) is -5.17. The molecule has 112 valence electrons. The molecule has 1 aliphatic heterocycles. The summed E-state index contributed by atoms with van der Waals surface area (Å²) in [6.07, 6.45) is -6.80. The van der Waals surface area contributed by atoms with Gasteiger partial charge in [-0.2, -0.15) is 13.2 Å². The number of halogens is 3. The van der Waals surface area contributed by atoms with Gasteiger partial charge in [0.2, 0.25) is 5.54 Å². The average Bonchev–Trinajstić information content (AvgIpc) is 2.60. The minimum atomic E-state index is -5.27. The van der Waals surface area contributed by atoms with E-state index in [0.29, 0.717) is 0 Å². The van der Waals surface area contributed by atoms with Crippen molar-refractivity contribution in [2.75, 3.05) is 14.2 Å². The van der Waals surface area contributed by atoms with Crippen molar-refractivity contribution in [3.8, 4) is 0 Å². The Kier molecular flexibility index (Phi) is 3.97. The lowest BCUT2D eigenvalue weighted by atomic mass is 9.84. The first-order valence-corrected chi connectivity index (χ1v) is 5.12. The first-order valence-electron chi connectivity index (χ1n) is 5.12. The van der Waals surface area contributed by atoms with Crippen LogP contribution >= 0.6 is 0 Å². The lowest BCUT2D eigenvalue weighted by molar-refractivity contribution is -0.206. The van der Waals surface area contributed by atoms with Gasteiger partial charge >= 0.3 is 18.2 Å². The van der Waals surface area contributed by atoms with Crippen LogP contribution in [0.5, 0.6) is 0 Å². The molecule has 0 aliphatic carbocycles. The first-order chi connectivity index (χ1) is 9.11. The van der Waals surface area contributed by atoms with Gasteiger partial charge in [-0.15, -0.1) is 0 Å². The van der Waals surface area contributed by atoms with Crippen molar-refractivity contribution in [3.05, 3.63) is 12.3 Å². The third-order valence-electron chi connectivity index (χ3n) is 2.78. The molecule has 0 unspecified atom stereocenters. The molecule has 0 aromatic carbocycles. The molecule has 1 saturated heterocycles. The standard InChI is InChI=1S/C10H11F3N2O5/c1-4-5(6(16)19-2)9(7(17)14-4,10(11,12)13)15-8(18)20-3/h5H,1H2,2-3H3,(H,14,17)(H,15,18)/t5-,9+/m0/s1. The first kappa shape index (κ1) is 15.8. The van der Waals surface area contributed by atoms with Crippen molar-refractivity contribution >= 4 is 18.0 Å². The van der Waals surface area contributed by atoms with Crippen molar-refractivity contribution in [1.82, 2.24) is 10.6 Å². The van der Waals surface area contributed by atoms with Crippen LogP contribution in [0.15, 0.2) is 12.3 Å². The van der Waals surface area contributed by atoms with Crippen LogP contribution in [0.25, 0.3) is 0 Å². The zero-order valence-electron chi connectivity index (χ0n) is 10.5. The zero-order valence-corrected chi connectivity index (χ0v) is 10.5. The van der Waals surface area contributed by atoms with E-state index in [2.05, 4.69) is 16.1 Å². The number of carbonyl (C=O) groups excluding carboxylic acids is 3. The predicted molar refractivity (Wildman–Crippen MR) is 57.1 cm³/mol. The smallest absolute Gasteiger partial charge is 0.422 e.